The molecule has 1 aromatic heterocycles. The van der Waals surface area contributed by atoms with Gasteiger partial charge in [-0.2, -0.15) is 11.8 Å². The zero-order valence-electron chi connectivity index (χ0n) is 13.7. The molecule has 1 aliphatic carbocycles. The smallest absolute Gasteiger partial charge is 0.138 e. The first-order chi connectivity index (χ1) is 10.2. The maximum Gasteiger partial charge on any atom is 0.138 e. The van der Waals surface area contributed by atoms with Crippen LogP contribution in [0.1, 0.15) is 61.3 Å². The molecular weight excluding hydrogens is 278 g/mol. The SMILES string of the molecule is CNCCCc1c(C)nc(CSC2CCCCC2)nc1C. The number of thioether (sulfide) groups is 1. The highest BCUT2D eigenvalue weighted by molar-refractivity contribution is 7.99. The lowest BCUT2D eigenvalue weighted by Crippen LogP contribution is -2.12. The Hall–Kier alpha value is -0.610. The summed E-state index contributed by atoms with van der Waals surface area (Å²) < 4.78 is 0. The summed E-state index contributed by atoms with van der Waals surface area (Å²) in [5, 5.41) is 4.03. The predicted octanol–water partition coefficient (Wildman–Crippen LogP) is 3.81. The molecule has 21 heavy (non-hydrogen) atoms. The van der Waals surface area contributed by atoms with Crippen LogP contribution in [0.4, 0.5) is 0 Å². The Morgan fingerprint density at radius 1 is 1.10 bits per heavy atom. The van der Waals surface area contributed by atoms with E-state index in [1.54, 1.807) is 0 Å². The molecule has 3 nitrogen and oxygen atoms in total. The standard InChI is InChI=1S/C17H29N3S/c1-13-16(10-7-11-18-3)14(2)20-17(19-13)12-21-15-8-5-4-6-9-15/h15,18H,4-12H2,1-3H3. The third kappa shape index (κ3) is 5.26. The van der Waals surface area contributed by atoms with Crippen molar-refractivity contribution in [2.24, 2.45) is 0 Å². The summed E-state index contributed by atoms with van der Waals surface area (Å²) in [6, 6.07) is 0. The quantitative estimate of drug-likeness (QED) is 0.777. The van der Waals surface area contributed by atoms with Crippen molar-refractivity contribution in [1.29, 1.82) is 0 Å². The van der Waals surface area contributed by atoms with Gasteiger partial charge in [0, 0.05) is 16.6 Å². The first-order valence-electron chi connectivity index (χ1n) is 8.30. The normalized spacial score (nSPS) is 16.3. The molecule has 0 spiro atoms. The molecule has 0 radical (unpaired) electrons. The fraction of sp³-hybridized carbons (Fsp3) is 0.765. The van der Waals surface area contributed by atoms with Crippen molar-refractivity contribution >= 4 is 11.8 Å². The van der Waals surface area contributed by atoms with Gasteiger partial charge in [0.1, 0.15) is 5.82 Å². The summed E-state index contributed by atoms with van der Waals surface area (Å²) in [6.07, 6.45) is 9.22. The minimum absolute atomic E-state index is 0.832. The van der Waals surface area contributed by atoms with E-state index < -0.39 is 0 Å². The van der Waals surface area contributed by atoms with Crippen LogP contribution in [0.3, 0.4) is 0 Å². The molecule has 4 heteroatoms. The Morgan fingerprint density at radius 3 is 2.38 bits per heavy atom. The lowest BCUT2D eigenvalue weighted by atomic mass is 10.0. The highest BCUT2D eigenvalue weighted by Gasteiger charge is 2.15. The molecular formula is C17H29N3S. The van der Waals surface area contributed by atoms with Crippen LogP contribution in [-0.4, -0.2) is 28.8 Å². The van der Waals surface area contributed by atoms with Gasteiger partial charge in [0.15, 0.2) is 0 Å². The van der Waals surface area contributed by atoms with Gasteiger partial charge in [-0.25, -0.2) is 9.97 Å². The third-order valence-electron chi connectivity index (χ3n) is 4.32. The zero-order chi connectivity index (χ0) is 15.1. The molecule has 1 fully saturated rings. The van der Waals surface area contributed by atoms with E-state index in [2.05, 4.69) is 30.9 Å². The third-order valence-corrected chi connectivity index (χ3v) is 5.69. The highest BCUT2D eigenvalue weighted by Crippen LogP contribution is 2.30. The lowest BCUT2D eigenvalue weighted by Gasteiger charge is -2.20. The Morgan fingerprint density at radius 2 is 1.76 bits per heavy atom. The number of aromatic nitrogens is 2. The molecule has 1 aromatic rings. The Balaban J connectivity index is 1.91. The lowest BCUT2D eigenvalue weighted by molar-refractivity contribution is 0.516. The maximum absolute atomic E-state index is 4.74. The summed E-state index contributed by atoms with van der Waals surface area (Å²) in [7, 11) is 2.00. The maximum atomic E-state index is 4.74. The second-order valence-electron chi connectivity index (χ2n) is 6.07. The van der Waals surface area contributed by atoms with Gasteiger partial charge in [0.05, 0.1) is 5.75 Å². The van der Waals surface area contributed by atoms with Gasteiger partial charge in [-0.1, -0.05) is 19.3 Å². The van der Waals surface area contributed by atoms with E-state index in [-0.39, 0.29) is 0 Å². The molecule has 1 aliphatic rings. The first-order valence-corrected chi connectivity index (χ1v) is 9.34. The minimum atomic E-state index is 0.832. The largest absolute Gasteiger partial charge is 0.320 e. The fourth-order valence-corrected chi connectivity index (χ4v) is 4.28. The highest BCUT2D eigenvalue weighted by atomic mass is 32.2. The van der Waals surface area contributed by atoms with Crippen molar-refractivity contribution in [3.8, 4) is 0 Å². The molecule has 118 valence electrons. The summed E-state index contributed by atoms with van der Waals surface area (Å²) in [6.45, 7) is 5.33. The predicted molar refractivity (Wildman–Crippen MR) is 91.9 cm³/mol. The average Bonchev–Trinajstić information content (AvgIpc) is 2.49. The van der Waals surface area contributed by atoms with Crippen LogP contribution >= 0.6 is 11.8 Å². The summed E-state index contributed by atoms with van der Waals surface area (Å²) in [5.74, 6) is 2.00. The second kappa shape index (κ2) is 8.74. The molecule has 0 bridgehead atoms. The molecule has 2 rings (SSSR count). The van der Waals surface area contributed by atoms with E-state index in [0.29, 0.717) is 0 Å². The number of hydrogen-bond donors (Lipinski definition) is 1. The molecule has 1 saturated carbocycles. The van der Waals surface area contributed by atoms with Gasteiger partial charge in [-0.05, 0) is 58.7 Å². The van der Waals surface area contributed by atoms with Gasteiger partial charge in [0.25, 0.3) is 0 Å². The molecule has 1 heterocycles. The van der Waals surface area contributed by atoms with Crippen molar-refractivity contribution in [2.45, 2.75) is 69.8 Å². The number of nitrogens with zero attached hydrogens (tertiary/aromatic N) is 2. The van der Waals surface area contributed by atoms with Crippen molar-refractivity contribution < 1.29 is 0 Å². The zero-order valence-corrected chi connectivity index (χ0v) is 14.6. The molecule has 0 aliphatic heterocycles. The van der Waals surface area contributed by atoms with Crippen molar-refractivity contribution in [3.05, 3.63) is 22.8 Å². The summed E-state index contributed by atoms with van der Waals surface area (Å²) in [5.41, 5.74) is 3.70. The molecule has 0 atom stereocenters. The molecule has 0 amide bonds. The fourth-order valence-electron chi connectivity index (χ4n) is 3.10. The van der Waals surface area contributed by atoms with Gasteiger partial charge >= 0.3 is 0 Å². The van der Waals surface area contributed by atoms with Crippen molar-refractivity contribution in [2.75, 3.05) is 13.6 Å². The summed E-state index contributed by atoms with van der Waals surface area (Å²) in [4.78, 5) is 9.49. The molecule has 0 saturated heterocycles. The van der Waals surface area contributed by atoms with Crippen LogP contribution in [-0.2, 0) is 12.2 Å². The number of aryl methyl sites for hydroxylation is 2. The van der Waals surface area contributed by atoms with E-state index >= 15 is 0 Å². The van der Waals surface area contributed by atoms with E-state index in [0.717, 1.165) is 36.2 Å². The molecule has 1 N–H and O–H groups in total. The summed E-state index contributed by atoms with van der Waals surface area (Å²) >= 11 is 2.06. The Kier molecular flexibility index (Phi) is 6.97. The van der Waals surface area contributed by atoms with Crippen LogP contribution in [0.5, 0.6) is 0 Å². The van der Waals surface area contributed by atoms with E-state index in [1.807, 2.05) is 7.05 Å². The molecule has 0 unspecified atom stereocenters. The first kappa shape index (κ1) is 16.8. The van der Waals surface area contributed by atoms with Crippen molar-refractivity contribution in [3.63, 3.8) is 0 Å². The van der Waals surface area contributed by atoms with Gasteiger partial charge in [-0.15, -0.1) is 0 Å². The van der Waals surface area contributed by atoms with E-state index in [1.165, 1.54) is 49.1 Å². The number of nitrogens with one attached hydrogen (secondary N) is 1. The minimum Gasteiger partial charge on any atom is -0.320 e. The van der Waals surface area contributed by atoms with Crippen molar-refractivity contribution in [1.82, 2.24) is 15.3 Å². The number of hydrogen-bond acceptors (Lipinski definition) is 4. The Labute approximate surface area is 133 Å². The monoisotopic (exact) mass is 307 g/mol. The number of rotatable bonds is 7. The second-order valence-corrected chi connectivity index (χ2v) is 7.36. The van der Waals surface area contributed by atoms with Gasteiger partial charge in [0.2, 0.25) is 0 Å². The van der Waals surface area contributed by atoms with Crippen LogP contribution in [0.2, 0.25) is 0 Å². The van der Waals surface area contributed by atoms with Crippen LogP contribution in [0.15, 0.2) is 0 Å². The average molecular weight is 308 g/mol. The topological polar surface area (TPSA) is 37.8 Å². The van der Waals surface area contributed by atoms with Gasteiger partial charge in [-0.3, -0.25) is 0 Å². The van der Waals surface area contributed by atoms with Crippen LogP contribution < -0.4 is 5.32 Å². The van der Waals surface area contributed by atoms with E-state index in [9.17, 15) is 0 Å². The van der Waals surface area contributed by atoms with Gasteiger partial charge < -0.3 is 5.32 Å². The van der Waals surface area contributed by atoms with Crippen LogP contribution in [0.25, 0.3) is 0 Å². The van der Waals surface area contributed by atoms with E-state index in [4.69, 9.17) is 9.97 Å². The molecule has 0 aromatic carbocycles. The van der Waals surface area contributed by atoms with Crippen LogP contribution in [0, 0.1) is 13.8 Å². The Bertz CT molecular complexity index is 419.